The molecule has 0 unspecified atom stereocenters. The molecule has 0 saturated carbocycles. The number of carbonyl (C=O) groups excluding carboxylic acids is 1. The molecule has 0 N–H and O–H groups in total. The quantitative estimate of drug-likeness (QED) is 0.620. The molecule has 2 aromatic rings. The van der Waals surface area contributed by atoms with Gasteiger partial charge in [-0.05, 0) is 29.8 Å². The van der Waals surface area contributed by atoms with Crippen LogP contribution in [0, 0.1) is 11.6 Å². The lowest BCUT2D eigenvalue weighted by Crippen LogP contribution is -2.25. The Morgan fingerprint density at radius 1 is 1.09 bits per heavy atom. The minimum absolute atomic E-state index is 0.160. The number of hydrogen-bond donors (Lipinski definition) is 0. The van der Waals surface area contributed by atoms with Crippen molar-refractivity contribution < 1.29 is 31.5 Å². The molecule has 0 radical (unpaired) electrons. The molecule has 22 heavy (non-hydrogen) atoms. The van der Waals surface area contributed by atoms with Gasteiger partial charge >= 0.3 is 6.18 Å². The number of ether oxygens (including phenoxy) is 1. The van der Waals surface area contributed by atoms with E-state index in [0.29, 0.717) is 11.8 Å². The highest BCUT2D eigenvalue weighted by Gasteiger charge is 2.42. The van der Waals surface area contributed by atoms with Gasteiger partial charge in [0.25, 0.3) is 5.78 Å². The zero-order chi connectivity index (χ0) is 16.5. The van der Waals surface area contributed by atoms with Gasteiger partial charge in [0.05, 0.1) is 12.7 Å². The molecule has 2 nitrogen and oxygen atoms in total. The first kappa shape index (κ1) is 15.9. The summed E-state index contributed by atoms with van der Waals surface area (Å²) < 4.78 is 70.0. The predicted octanol–water partition coefficient (Wildman–Crippen LogP) is 4.39. The van der Waals surface area contributed by atoms with E-state index in [1.54, 1.807) is 6.07 Å². The van der Waals surface area contributed by atoms with Crippen molar-refractivity contribution in [3.63, 3.8) is 0 Å². The Morgan fingerprint density at radius 3 is 2.36 bits per heavy atom. The minimum atomic E-state index is -5.37. The van der Waals surface area contributed by atoms with Gasteiger partial charge in [0, 0.05) is 5.56 Å². The van der Waals surface area contributed by atoms with Crippen molar-refractivity contribution in [2.75, 3.05) is 7.11 Å². The van der Waals surface area contributed by atoms with Crippen LogP contribution in [0.5, 0.6) is 5.75 Å². The summed E-state index contributed by atoms with van der Waals surface area (Å²) in [7, 11) is 1.36. The molecule has 0 spiro atoms. The number of alkyl halides is 3. The van der Waals surface area contributed by atoms with Crippen LogP contribution >= 0.6 is 0 Å². The Morgan fingerprint density at radius 2 is 1.77 bits per heavy atom. The number of ketones is 1. The highest BCUT2D eigenvalue weighted by molar-refractivity contribution is 6.01. The van der Waals surface area contributed by atoms with E-state index in [-0.39, 0.29) is 11.1 Å². The average Bonchev–Trinajstić information content (AvgIpc) is 2.46. The van der Waals surface area contributed by atoms with E-state index in [4.69, 9.17) is 4.74 Å². The average molecular weight is 316 g/mol. The van der Waals surface area contributed by atoms with Crippen LogP contribution in [-0.2, 0) is 0 Å². The summed E-state index contributed by atoms with van der Waals surface area (Å²) >= 11 is 0. The van der Waals surface area contributed by atoms with Gasteiger partial charge in [0.2, 0.25) is 0 Å². The van der Waals surface area contributed by atoms with Crippen LogP contribution in [0.1, 0.15) is 10.4 Å². The van der Waals surface area contributed by atoms with Gasteiger partial charge in [-0.1, -0.05) is 12.1 Å². The van der Waals surface area contributed by atoms with Gasteiger partial charge in [-0.3, -0.25) is 4.79 Å². The fourth-order valence-corrected chi connectivity index (χ4v) is 1.92. The number of carbonyl (C=O) groups is 1. The lowest BCUT2D eigenvalue weighted by molar-refractivity contribution is -0.0890. The first-order valence-electron chi connectivity index (χ1n) is 5.99. The molecule has 0 aliphatic carbocycles. The molecule has 0 fully saturated rings. The number of methoxy groups -OCH3 is 1. The maximum atomic E-state index is 14.2. The summed E-state index contributed by atoms with van der Waals surface area (Å²) in [6, 6.07) is 7.39. The zero-order valence-electron chi connectivity index (χ0n) is 11.2. The van der Waals surface area contributed by atoms with Gasteiger partial charge in [-0.25, -0.2) is 8.78 Å². The third-order valence-corrected chi connectivity index (χ3v) is 2.96. The summed E-state index contributed by atoms with van der Waals surface area (Å²) in [5.41, 5.74) is -1.78. The lowest BCUT2D eigenvalue weighted by atomic mass is 9.99. The summed E-state index contributed by atoms with van der Waals surface area (Å²) in [4.78, 5) is 11.2. The van der Waals surface area contributed by atoms with Gasteiger partial charge < -0.3 is 4.74 Å². The molecule has 0 aliphatic rings. The van der Waals surface area contributed by atoms with Gasteiger partial charge in [-0.2, -0.15) is 13.2 Å². The maximum Gasteiger partial charge on any atom is 0.455 e. The monoisotopic (exact) mass is 316 g/mol. The minimum Gasteiger partial charge on any atom is -0.497 e. The van der Waals surface area contributed by atoms with E-state index >= 15 is 0 Å². The van der Waals surface area contributed by atoms with Crippen LogP contribution < -0.4 is 4.74 Å². The third-order valence-electron chi connectivity index (χ3n) is 2.96. The van der Waals surface area contributed by atoms with E-state index < -0.39 is 29.2 Å². The lowest BCUT2D eigenvalue weighted by Gasteiger charge is -2.11. The topological polar surface area (TPSA) is 26.3 Å². The van der Waals surface area contributed by atoms with Crippen molar-refractivity contribution in [2.45, 2.75) is 6.18 Å². The van der Waals surface area contributed by atoms with Crippen molar-refractivity contribution in [1.29, 1.82) is 0 Å². The fourth-order valence-electron chi connectivity index (χ4n) is 1.92. The van der Waals surface area contributed by atoms with Gasteiger partial charge in [-0.15, -0.1) is 0 Å². The molecule has 2 rings (SSSR count). The second-order valence-electron chi connectivity index (χ2n) is 4.34. The standard InChI is InChI=1S/C15H9F5O2/c1-22-9-4-2-3-8(7-9)10-5-6-11(16)12(13(10)17)14(21)15(18,19)20/h2-7H,1H3. The molecule has 0 aromatic heterocycles. The summed E-state index contributed by atoms with van der Waals surface area (Å²) in [6.45, 7) is 0. The highest BCUT2D eigenvalue weighted by atomic mass is 19.4. The smallest absolute Gasteiger partial charge is 0.455 e. The van der Waals surface area contributed by atoms with E-state index in [1.165, 1.54) is 25.3 Å². The largest absolute Gasteiger partial charge is 0.497 e. The second kappa shape index (κ2) is 5.75. The van der Waals surface area contributed by atoms with Crippen molar-refractivity contribution in [3.8, 4) is 16.9 Å². The first-order chi connectivity index (χ1) is 10.3. The van der Waals surface area contributed by atoms with Gasteiger partial charge in [0.15, 0.2) is 0 Å². The van der Waals surface area contributed by atoms with Crippen LogP contribution in [0.25, 0.3) is 11.1 Å². The molecule has 0 amide bonds. The van der Waals surface area contributed by atoms with E-state index in [2.05, 4.69) is 0 Å². The Bertz CT molecular complexity index is 722. The summed E-state index contributed by atoms with van der Waals surface area (Å²) in [5.74, 6) is -5.35. The third kappa shape index (κ3) is 2.93. The Hall–Kier alpha value is -2.44. The molecule has 116 valence electrons. The van der Waals surface area contributed by atoms with Crippen molar-refractivity contribution in [1.82, 2.24) is 0 Å². The van der Waals surface area contributed by atoms with Crippen LogP contribution in [0.2, 0.25) is 0 Å². The molecule has 0 saturated heterocycles. The second-order valence-corrected chi connectivity index (χ2v) is 4.34. The molecule has 0 aliphatic heterocycles. The van der Waals surface area contributed by atoms with Crippen molar-refractivity contribution >= 4 is 5.78 Å². The Kier molecular flexibility index (Phi) is 4.16. The molecular weight excluding hydrogens is 307 g/mol. The fraction of sp³-hybridized carbons (Fsp3) is 0.133. The van der Waals surface area contributed by atoms with Crippen molar-refractivity contribution in [3.05, 3.63) is 53.6 Å². The van der Waals surface area contributed by atoms with E-state index in [0.717, 1.165) is 6.07 Å². The number of Topliss-reactive ketones (excluding diaryl/α,β-unsaturated/α-hetero) is 1. The zero-order valence-corrected chi connectivity index (χ0v) is 11.2. The normalized spacial score (nSPS) is 11.4. The number of benzene rings is 2. The van der Waals surface area contributed by atoms with Crippen LogP contribution in [0.3, 0.4) is 0 Å². The van der Waals surface area contributed by atoms with E-state index in [1.807, 2.05) is 0 Å². The number of hydrogen-bond acceptors (Lipinski definition) is 2. The number of rotatable bonds is 3. The first-order valence-corrected chi connectivity index (χ1v) is 5.99. The molecular formula is C15H9F5O2. The highest BCUT2D eigenvalue weighted by Crippen LogP contribution is 2.32. The van der Waals surface area contributed by atoms with Crippen LogP contribution in [0.4, 0.5) is 22.0 Å². The molecule has 0 atom stereocenters. The maximum absolute atomic E-state index is 14.2. The molecule has 0 bridgehead atoms. The van der Waals surface area contributed by atoms with Crippen LogP contribution in [0.15, 0.2) is 36.4 Å². The Labute approximate surface area is 122 Å². The molecule has 0 heterocycles. The summed E-state index contributed by atoms with van der Waals surface area (Å²) in [5, 5.41) is 0. The van der Waals surface area contributed by atoms with Crippen LogP contribution in [-0.4, -0.2) is 19.1 Å². The number of halogens is 5. The van der Waals surface area contributed by atoms with Crippen molar-refractivity contribution in [2.24, 2.45) is 0 Å². The SMILES string of the molecule is COc1cccc(-c2ccc(F)c(C(=O)C(F)(F)F)c2F)c1. The predicted molar refractivity (Wildman–Crippen MR) is 68.7 cm³/mol. The van der Waals surface area contributed by atoms with E-state index in [9.17, 15) is 26.7 Å². The molecule has 2 aromatic carbocycles. The summed E-state index contributed by atoms with van der Waals surface area (Å²) in [6.07, 6.45) is -5.37. The van der Waals surface area contributed by atoms with Gasteiger partial charge in [0.1, 0.15) is 17.4 Å². The molecule has 7 heteroatoms. The Balaban J connectivity index is 2.63.